The maximum atomic E-state index is 5.72. The lowest BCUT2D eigenvalue weighted by Gasteiger charge is -1.93. The third kappa shape index (κ3) is 3.08. The Hall–Kier alpha value is -0.270. The van der Waals surface area contributed by atoms with Crippen LogP contribution in [0, 0.1) is 0 Å². The first-order valence-corrected chi connectivity index (χ1v) is 4.45. The molecule has 1 aromatic rings. The van der Waals surface area contributed by atoms with Gasteiger partial charge in [-0.3, -0.25) is 0 Å². The van der Waals surface area contributed by atoms with E-state index in [9.17, 15) is 0 Å². The Bertz CT molecular complexity index is 257. The molecule has 0 aliphatic heterocycles. The van der Waals surface area contributed by atoms with E-state index >= 15 is 0 Å². The Labute approximate surface area is 80.0 Å². The molecule has 0 aliphatic rings. The van der Waals surface area contributed by atoms with Gasteiger partial charge in [0.2, 0.25) is 0 Å². The quantitative estimate of drug-likeness (QED) is 0.683. The first-order chi connectivity index (χ1) is 5.18. The summed E-state index contributed by atoms with van der Waals surface area (Å²) in [5.41, 5.74) is 1.16. The zero-order valence-electron chi connectivity index (χ0n) is 6.14. The molecule has 0 aliphatic carbocycles. The van der Waals surface area contributed by atoms with Crippen LogP contribution in [-0.4, -0.2) is 0 Å². The second-order valence-electron chi connectivity index (χ2n) is 2.28. The highest BCUT2D eigenvalue weighted by Gasteiger charge is 1.88. The monoisotopic (exact) mass is 230 g/mol. The molecule has 1 rings (SSSR count). The van der Waals surface area contributed by atoms with Gasteiger partial charge in [0.15, 0.2) is 0 Å². The highest BCUT2D eigenvalue weighted by molar-refractivity contribution is 9.11. The molecule has 11 heavy (non-hydrogen) atoms. The summed E-state index contributed by atoms with van der Waals surface area (Å²) in [6.07, 6.45) is 2.04. The van der Waals surface area contributed by atoms with E-state index in [1.165, 1.54) is 0 Å². The highest BCUT2D eigenvalue weighted by Crippen LogP contribution is 2.14. The van der Waals surface area contributed by atoms with Crippen molar-refractivity contribution in [2.45, 2.75) is 6.92 Å². The molecule has 58 valence electrons. The molecule has 0 saturated heterocycles. The molecule has 0 spiro atoms. The fourth-order valence-electron chi connectivity index (χ4n) is 0.789. The first-order valence-electron chi connectivity index (χ1n) is 3.28. The van der Waals surface area contributed by atoms with Gasteiger partial charge >= 0.3 is 0 Å². The zero-order valence-corrected chi connectivity index (χ0v) is 8.48. The van der Waals surface area contributed by atoms with Crippen LogP contribution in [0.4, 0.5) is 0 Å². The van der Waals surface area contributed by atoms with Gasteiger partial charge in [0.1, 0.15) is 0 Å². The SMILES string of the molecule is CC(Br)=Cc1ccc(Cl)cc1. The van der Waals surface area contributed by atoms with Crippen molar-refractivity contribution >= 4 is 33.6 Å². The Kier molecular flexibility index (Phi) is 3.16. The van der Waals surface area contributed by atoms with Crippen molar-refractivity contribution in [2.75, 3.05) is 0 Å². The van der Waals surface area contributed by atoms with E-state index < -0.39 is 0 Å². The van der Waals surface area contributed by atoms with Crippen LogP contribution >= 0.6 is 27.5 Å². The van der Waals surface area contributed by atoms with Crippen LogP contribution in [0.3, 0.4) is 0 Å². The third-order valence-electron chi connectivity index (χ3n) is 1.24. The van der Waals surface area contributed by atoms with E-state index in [0.29, 0.717) is 0 Å². The molecule has 0 amide bonds. The number of rotatable bonds is 1. The summed E-state index contributed by atoms with van der Waals surface area (Å²) in [6, 6.07) is 7.72. The van der Waals surface area contributed by atoms with Gasteiger partial charge in [0.25, 0.3) is 0 Å². The summed E-state index contributed by atoms with van der Waals surface area (Å²) in [5, 5.41) is 0.773. The first kappa shape index (κ1) is 8.82. The van der Waals surface area contributed by atoms with Crippen molar-refractivity contribution < 1.29 is 0 Å². The lowest BCUT2D eigenvalue weighted by molar-refractivity contribution is 1.63. The van der Waals surface area contributed by atoms with Crippen LogP contribution in [0.15, 0.2) is 28.7 Å². The van der Waals surface area contributed by atoms with Gasteiger partial charge in [-0.25, -0.2) is 0 Å². The minimum absolute atomic E-state index is 0.773. The molecule has 0 atom stereocenters. The molecular formula is C9H8BrCl. The summed E-state index contributed by atoms with van der Waals surface area (Å²) < 4.78 is 1.11. The minimum Gasteiger partial charge on any atom is -0.0843 e. The van der Waals surface area contributed by atoms with Crippen molar-refractivity contribution in [3.63, 3.8) is 0 Å². The number of halogens is 2. The molecule has 0 saturated carbocycles. The van der Waals surface area contributed by atoms with Crippen molar-refractivity contribution in [3.05, 3.63) is 39.3 Å². The predicted molar refractivity (Wildman–Crippen MR) is 54.0 cm³/mol. The van der Waals surface area contributed by atoms with Crippen LogP contribution in [-0.2, 0) is 0 Å². The largest absolute Gasteiger partial charge is 0.0843 e. The van der Waals surface area contributed by atoms with Gasteiger partial charge in [-0.1, -0.05) is 39.7 Å². The standard InChI is InChI=1S/C9H8BrCl/c1-7(10)6-8-2-4-9(11)5-3-8/h2-6H,1H3. The summed E-state index contributed by atoms with van der Waals surface area (Å²) >= 11 is 9.07. The molecule has 0 N–H and O–H groups in total. The lowest BCUT2D eigenvalue weighted by atomic mass is 10.2. The van der Waals surface area contributed by atoms with Crippen LogP contribution in [0.2, 0.25) is 5.02 Å². The normalized spacial score (nSPS) is 11.7. The van der Waals surface area contributed by atoms with Crippen molar-refractivity contribution in [1.82, 2.24) is 0 Å². The molecule has 0 unspecified atom stereocenters. The second-order valence-corrected chi connectivity index (χ2v) is 3.97. The Morgan fingerprint density at radius 2 is 1.91 bits per heavy atom. The van der Waals surface area contributed by atoms with Crippen molar-refractivity contribution in [2.24, 2.45) is 0 Å². The van der Waals surface area contributed by atoms with Crippen molar-refractivity contribution in [1.29, 1.82) is 0 Å². The number of hydrogen-bond donors (Lipinski definition) is 0. The van der Waals surface area contributed by atoms with E-state index in [2.05, 4.69) is 15.9 Å². The van der Waals surface area contributed by atoms with Gasteiger partial charge in [-0.15, -0.1) is 0 Å². The number of allylic oxidation sites excluding steroid dienone is 1. The van der Waals surface area contributed by atoms with Gasteiger partial charge in [0, 0.05) is 5.02 Å². The Morgan fingerprint density at radius 3 is 2.36 bits per heavy atom. The number of benzene rings is 1. The van der Waals surface area contributed by atoms with E-state index in [1.807, 2.05) is 37.3 Å². The van der Waals surface area contributed by atoms with E-state index in [0.717, 1.165) is 15.1 Å². The smallest absolute Gasteiger partial charge is 0.0406 e. The molecule has 1 aromatic carbocycles. The predicted octanol–water partition coefficient (Wildman–Crippen LogP) is 4.10. The summed E-state index contributed by atoms with van der Waals surface area (Å²) in [6.45, 7) is 1.99. The average molecular weight is 232 g/mol. The molecule has 0 heterocycles. The Morgan fingerprint density at radius 1 is 1.36 bits per heavy atom. The lowest BCUT2D eigenvalue weighted by Crippen LogP contribution is -1.70. The van der Waals surface area contributed by atoms with Gasteiger partial charge < -0.3 is 0 Å². The maximum Gasteiger partial charge on any atom is 0.0406 e. The topological polar surface area (TPSA) is 0 Å². The molecule has 2 heteroatoms. The second kappa shape index (κ2) is 3.93. The van der Waals surface area contributed by atoms with E-state index in [4.69, 9.17) is 11.6 Å². The average Bonchev–Trinajstić information content (AvgIpc) is 1.93. The molecule has 0 aromatic heterocycles. The fourth-order valence-corrected chi connectivity index (χ4v) is 1.18. The van der Waals surface area contributed by atoms with Gasteiger partial charge in [-0.2, -0.15) is 0 Å². The molecule has 0 fully saturated rings. The third-order valence-corrected chi connectivity index (χ3v) is 1.72. The van der Waals surface area contributed by atoms with Crippen LogP contribution in [0.25, 0.3) is 6.08 Å². The molecular weight excluding hydrogens is 223 g/mol. The van der Waals surface area contributed by atoms with Crippen LogP contribution in [0.1, 0.15) is 12.5 Å². The van der Waals surface area contributed by atoms with E-state index in [1.54, 1.807) is 0 Å². The molecule has 0 nitrogen and oxygen atoms in total. The fraction of sp³-hybridized carbons (Fsp3) is 0.111. The zero-order chi connectivity index (χ0) is 8.27. The maximum absolute atomic E-state index is 5.72. The molecule has 0 radical (unpaired) electrons. The summed E-state index contributed by atoms with van der Waals surface area (Å²) in [4.78, 5) is 0. The summed E-state index contributed by atoms with van der Waals surface area (Å²) in [5.74, 6) is 0. The van der Waals surface area contributed by atoms with E-state index in [-0.39, 0.29) is 0 Å². The van der Waals surface area contributed by atoms with Gasteiger partial charge in [-0.05, 0) is 35.2 Å². The Balaban J connectivity index is 2.91. The van der Waals surface area contributed by atoms with Crippen LogP contribution < -0.4 is 0 Å². The number of hydrogen-bond acceptors (Lipinski definition) is 0. The summed E-state index contributed by atoms with van der Waals surface area (Å²) in [7, 11) is 0. The van der Waals surface area contributed by atoms with Crippen LogP contribution in [0.5, 0.6) is 0 Å². The van der Waals surface area contributed by atoms with Gasteiger partial charge in [0.05, 0.1) is 0 Å². The highest BCUT2D eigenvalue weighted by atomic mass is 79.9. The van der Waals surface area contributed by atoms with Crippen molar-refractivity contribution in [3.8, 4) is 0 Å². The molecule has 0 bridgehead atoms. The minimum atomic E-state index is 0.773.